The first-order valence-electron chi connectivity index (χ1n) is 6.15. The Labute approximate surface area is 124 Å². The van der Waals surface area contributed by atoms with E-state index in [9.17, 15) is 0 Å². The molecule has 2 atom stereocenters. The molecule has 0 saturated carbocycles. The van der Waals surface area contributed by atoms with Gasteiger partial charge in [0.2, 0.25) is 0 Å². The van der Waals surface area contributed by atoms with Crippen molar-refractivity contribution >= 4 is 31.9 Å². The van der Waals surface area contributed by atoms with Crippen LogP contribution in [0.4, 0.5) is 0 Å². The number of halogens is 2. The predicted molar refractivity (Wildman–Crippen MR) is 77.5 cm³/mol. The van der Waals surface area contributed by atoms with Crippen LogP contribution in [0.15, 0.2) is 19.6 Å². The predicted octanol–water partition coefficient (Wildman–Crippen LogP) is 2.92. The smallest absolute Gasteiger partial charge is 0.183 e. The first-order valence-corrected chi connectivity index (χ1v) is 7.74. The second-order valence-corrected chi connectivity index (χ2v) is 5.97. The van der Waals surface area contributed by atoms with E-state index in [0.29, 0.717) is 12.6 Å². The number of nitrogens with two attached hydrogens (primary N) is 1. The molecule has 2 rings (SSSR count). The van der Waals surface area contributed by atoms with Crippen molar-refractivity contribution in [2.45, 2.75) is 25.4 Å². The highest BCUT2D eigenvalue weighted by atomic mass is 79.9. The van der Waals surface area contributed by atoms with Crippen LogP contribution in [0.1, 0.15) is 25.1 Å². The van der Waals surface area contributed by atoms with Crippen molar-refractivity contribution in [3.05, 3.63) is 21.0 Å². The van der Waals surface area contributed by atoms with E-state index < -0.39 is 0 Å². The fraction of sp³-hybridized carbons (Fsp3) is 0.667. The third kappa shape index (κ3) is 2.99. The number of morpholine rings is 1. The molecule has 1 saturated heterocycles. The summed E-state index contributed by atoms with van der Waals surface area (Å²) in [4.78, 5) is 2.39. The number of hydrogen-bond acceptors (Lipinski definition) is 4. The highest BCUT2D eigenvalue weighted by molar-refractivity contribution is 9.13. The molecular weight excluding hydrogens is 364 g/mol. The van der Waals surface area contributed by atoms with Gasteiger partial charge in [0.15, 0.2) is 4.67 Å². The maximum absolute atomic E-state index is 5.94. The minimum atomic E-state index is 0.112. The summed E-state index contributed by atoms with van der Waals surface area (Å²) in [6, 6.07) is 2.51. The lowest BCUT2D eigenvalue weighted by Gasteiger charge is -2.39. The molecular formula is C12H18Br2N2O2. The van der Waals surface area contributed by atoms with Crippen molar-refractivity contribution in [3.8, 4) is 0 Å². The van der Waals surface area contributed by atoms with Crippen LogP contribution in [-0.2, 0) is 4.74 Å². The molecule has 1 aromatic rings. The maximum Gasteiger partial charge on any atom is 0.183 e. The fourth-order valence-corrected chi connectivity index (χ4v) is 2.98. The monoisotopic (exact) mass is 380 g/mol. The number of hydrogen-bond donors (Lipinski definition) is 1. The van der Waals surface area contributed by atoms with Crippen molar-refractivity contribution in [1.29, 1.82) is 0 Å². The molecule has 2 N–H and O–H groups in total. The molecule has 1 aliphatic rings. The Kier molecular flexibility index (Phi) is 5.26. The van der Waals surface area contributed by atoms with Gasteiger partial charge in [0.1, 0.15) is 5.76 Å². The van der Waals surface area contributed by atoms with Crippen LogP contribution in [-0.4, -0.2) is 37.2 Å². The summed E-state index contributed by atoms with van der Waals surface area (Å²) in [6.45, 7) is 5.15. The van der Waals surface area contributed by atoms with Crippen LogP contribution in [0, 0.1) is 0 Å². The minimum absolute atomic E-state index is 0.112. The topological polar surface area (TPSA) is 51.6 Å². The highest BCUT2D eigenvalue weighted by Crippen LogP contribution is 2.33. The standard InChI is InChI=1S/C12H18Br2N2O2/c1-2-8-7-17-4-3-16(8)10(6-15)11-5-9(13)12(14)18-11/h5,8,10H,2-4,6-7,15H2,1H3. The molecule has 6 heteroatoms. The number of furan rings is 1. The van der Waals surface area contributed by atoms with Gasteiger partial charge in [-0.25, -0.2) is 0 Å². The van der Waals surface area contributed by atoms with Gasteiger partial charge in [-0.05, 0) is 44.3 Å². The van der Waals surface area contributed by atoms with Crippen molar-refractivity contribution in [1.82, 2.24) is 4.90 Å². The van der Waals surface area contributed by atoms with E-state index in [4.69, 9.17) is 14.9 Å². The van der Waals surface area contributed by atoms with E-state index in [1.807, 2.05) is 6.07 Å². The molecule has 0 radical (unpaired) electrons. The number of nitrogens with zero attached hydrogens (tertiary/aromatic N) is 1. The van der Waals surface area contributed by atoms with E-state index in [2.05, 4.69) is 43.7 Å². The summed E-state index contributed by atoms with van der Waals surface area (Å²) in [5.41, 5.74) is 5.94. The third-order valence-corrected chi connectivity index (χ3v) is 5.07. The first kappa shape index (κ1) is 14.5. The summed E-state index contributed by atoms with van der Waals surface area (Å²) in [7, 11) is 0. The molecule has 1 aliphatic heterocycles. The molecule has 102 valence electrons. The fourth-order valence-electron chi connectivity index (χ4n) is 2.37. The van der Waals surface area contributed by atoms with E-state index in [-0.39, 0.29) is 6.04 Å². The van der Waals surface area contributed by atoms with Crippen molar-refractivity contribution in [2.24, 2.45) is 5.73 Å². The lowest BCUT2D eigenvalue weighted by molar-refractivity contribution is -0.0330. The second kappa shape index (κ2) is 6.52. The van der Waals surface area contributed by atoms with Crippen LogP contribution in [0.25, 0.3) is 0 Å². The SMILES string of the molecule is CCC1COCCN1C(CN)c1cc(Br)c(Br)o1. The molecule has 0 aliphatic carbocycles. The molecule has 18 heavy (non-hydrogen) atoms. The largest absolute Gasteiger partial charge is 0.451 e. The molecule has 1 aromatic heterocycles. The van der Waals surface area contributed by atoms with Gasteiger partial charge in [-0.1, -0.05) is 6.92 Å². The Morgan fingerprint density at radius 1 is 1.56 bits per heavy atom. The number of rotatable bonds is 4. The average Bonchev–Trinajstić information content (AvgIpc) is 2.71. The lowest BCUT2D eigenvalue weighted by Crippen LogP contribution is -2.48. The number of ether oxygens (including phenoxy) is 1. The van der Waals surface area contributed by atoms with Crippen LogP contribution in [0.2, 0.25) is 0 Å². The Morgan fingerprint density at radius 3 is 2.89 bits per heavy atom. The zero-order chi connectivity index (χ0) is 13.1. The summed E-state index contributed by atoms with van der Waals surface area (Å²) < 4.78 is 12.9. The molecule has 0 amide bonds. The van der Waals surface area contributed by atoms with E-state index in [0.717, 1.165) is 41.1 Å². The Morgan fingerprint density at radius 2 is 2.33 bits per heavy atom. The molecule has 1 fully saturated rings. The molecule has 4 nitrogen and oxygen atoms in total. The molecule has 2 heterocycles. The zero-order valence-corrected chi connectivity index (χ0v) is 13.5. The maximum atomic E-state index is 5.94. The van der Waals surface area contributed by atoms with Crippen LogP contribution < -0.4 is 5.73 Å². The zero-order valence-electron chi connectivity index (χ0n) is 10.4. The molecule has 0 aromatic carbocycles. The van der Waals surface area contributed by atoms with Crippen LogP contribution >= 0.6 is 31.9 Å². The van der Waals surface area contributed by atoms with E-state index in [1.165, 1.54) is 0 Å². The Hall–Kier alpha value is 0.120. The van der Waals surface area contributed by atoms with Crippen molar-refractivity contribution < 1.29 is 9.15 Å². The van der Waals surface area contributed by atoms with Gasteiger partial charge >= 0.3 is 0 Å². The van der Waals surface area contributed by atoms with Crippen molar-refractivity contribution in [2.75, 3.05) is 26.3 Å². The van der Waals surface area contributed by atoms with Crippen molar-refractivity contribution in [3.63, 3.8) is 0 Å². The second-order valence-electron chi connectivity index (χ2n) is 4.40. The van der Waals surface area contributed by atoms with Crippen LogP contribution in [0.3, 0.4) is 0 Å². The van der Waals surface area contributed by atoms with E-state index in [1.54, 1.807) is 0 Å². The van der Waals surface area contributed by atoms with Gasteiger partial charge in [-0.3, -0.25) is 4.90 Å². The summed E-state index contributed by atoms with van der Waals surface area (Å²) >= 11 is 6.82. The third-order valence-electron chi connectivity index (χ3n) is 3.36. The van der Waals surface area contributed by atoms with Gasteiger partial charge in [-0.2, -0.15) is 0 Å². The van der Waals surface area contributed by atoms with Gasteiger partial charge < -0.3 is 14.9 Å². The van der Waals surface area contributed by atoms with Gasteiger partial charge in [0, 0.05) is 19.1 Å². The Bertz CT molecular complexity index is 378. The molecule has 2 unspecified atom stereocenters. The minimum Gasteiger partial charge on any atom is -0.451 e. The summed E-state index contributed by atoms with van der Waals surface area (Å²) in [5, 5.41) is 0. The van der Waals surface area contributed by atoms with Crippen LogP contribution in [0.5, 0.6) is 0 Å². The highest BCUT2D eigenvalue weighted by Gasteiger charge is 2.30. The first-order chi connectivity index (χ1) is 8.67. The quantitative estimate of drug-likeness (QED) is 0.871. The lowest BCUT2D eigenvalue weighted by atomic mass is 10.1. The van der Waals surface area contributed by atoms with Gasteiger partial charge in [-0.15, -0.1) is 0 Å². The molecule has 0 spiro atoms. The summed E-state index contributed by atoms with van der Waals surface area (Å²) in [5.74, 6) is 0.900. The normalized spacial score (nSPS) is 23.2. The molecule has 0 bridgehead atoms. The Balaban J connectivity index is 2.21. The summed E-state index contributed by atoms with van der Waals surface area (Å²) in [6.07, 6.45) is 1.06. The van der Waals surface area contributed by atoms with Gasteiger partial charge in [0.25, 0.3) is 0 Å². The van der Waals surface area contributed by atoms with E-state index >= 15 is 0 Å². The average molecular weight is 382 g/mol. The van der Waals surface area contributed by atoms with Gasteiger partial charge in [0.05, 0.1) is 23.7 Å².